The molecule has 1 rings (SSSR count). The first-order valence-corrected chi connectivity index (χ1v) is 8.63. The molecule has 0 bridgehead atoms. The van der Waals surface area contributed by atoms with E-state index < -0.39 is 12.0 Å². The van der Waals surface area contributed by atoms with Crippen molar-refractivity contribution in [3.63, 3.8) is 0 Å². The van der Waals surface area contributed by atoms with Crippen LogP contribution in [0.5, 0.6) is 0 Å². The average Bonchev–Trinajstić information content (AvgIpc) is 2.49. The van der Waals surface area contributed by atoms with Gasteiger partial charge in [0.15, 0.2) is 5.16 Å². The summed E-state index contributed by atoms with van der Waals surface area (Å²) >= 11 is 1.48. The first kappa shape index (κ1) is 19.2. The lowest BCUT2D eigenvalue weighted by Crippen LogP contribution is -2.40. The van der Waals surface area contributed by atoms with E-state index in [4.69, 9.17) is 5.11 Å². The largest absolute Gasteiger partial charge is 0.480 e. The number of carbonyl (C=O) groups is 2. The number of aromatic nitrogens is 2. The molecular weight excluding hydrogens is 314 g/mol. The molecular formula is C16H23N3O3S. The van der Waals surface area contributed by atoms with Crippen LogP contribution in [0.25, 0.3) is 0 Å². The Kier molecular flexibility index (Phi) is 7.74. The fourth-order valence-electron chi connectivity index (χ4n) is 2.16. The van der Waals surface area contributed by atoms with Crippen molar-refractivity contribution in [1.29, 1.82) is 0 Å². The summed E-state index contributed by atoms with van der Waals surface area (Å²) in [4.78, 5) is 31.9. The molecule has 0 aliphatic heterocycles. The van der Waals surface area contributed by atoms with E-state index in [1.807, 2.05) is 27.0 Å². The number of rotatable bonds is 8. The van der Waals surface area contributed by atoms with Gasteiger partial charge in [0.2, 0.25) is 5.91 Å². The number of carboxylic acids is 1. The van der Waals surface area contributed by atoms with Crippen molar-refractivity contribution in [2.75, 3.05) is 6.26 Å². The summed E-state index contributed by atoms with van der Waals surface area (Å²) in [6, 6.07) is -0.893. The lowest BCUT2D eigenvalue weighted by molar-refractivity contribution is -0.141. The van der Waals surface area contributed by atoms with Gasteiger partial charge >= 0.3 is 5.97 Å². The molecule has 1 amide bonds. The van der Waals surface area contributed by atoms with E-state index >= 15 is 0 Å². The van der Waals surface area contributed by atoms with Gasteiger partial charge in [0.05, 0.1) is 0 Å². The molecule has 1 unspecified atom stereocenters. The molecule has 1 atom stereocenters. The Morgan fingerprint density at radius 3 is 2.39 bits per heavy atom. The lowest BCUT2D eigenvalue weighted by Gasteiger charge is -2.14. The molecule has 0 saturated carbocycles. The minimum absolute atomic E-state index is 0.212. The molecule has 126 valence electrons. The molecule has 0 radical (unpaired) electrons. The zero-order valence-corrected chi connectivity index (χ0v) is 14.7. The van der Waals surface area contributed by atoms with E-state index in [2.05, 4.69) is 15.3 Å². The van der Waals surface area contributed by atoms with Crippen molar-refractivity contribution in [3.05, 3.63) is 29.1 Å². The number of thioether (sulfide) groups is 1. The molecule has 2 N–H and O–H groups in total. The first-order chi connectivity index (χ1) is 10.9. The molecule has 0 spiro atoms. The van der Waals surface area contributed by atoms with Crippen molar-refractivity contribution in [1.82, 2.24) is 15.3 Å². The lowest BCUT2D eigenvalue weighted by atomic mass is 10.1. The van der Waals surface area contributed by atoms with Crippen LogP contribution in [-0.2, 0) is 16.0 Å². The molecule has 0 aliphatic carbocycles. The van der Waals surface area contributed by atoms with Crippen LogP contribution in [0.15, 0.2) is 17.3 Å². The number of carboxylic acid groups (broad SMARTS) is 1. The van der Waals surface area contributed by atoms with Crippen LogP contribution in [0.3, 0.4) is 0 Å². The van der Waals surface area contributed by atoms with Gasteiger partial charge < -0.3 is 10.4 Å². The Morgan fingerprint density at radius 1 is 1.30 bits per heavy atom. The molecule has 1 aromatic heterocycles. The van der Waals surface area contributed by atoms with Gasteiger partial charge in [-0.05, 0) is 45.4 Å². The minimum atomic E-state index is -1.03. The molecule has 6 nitrogen and oxygen atoms in total. The van der Waals surface area contributed by atoms with Crippen LogP contribution in [-0.4, -0.2) is 39.2 Å². The number of aryl methyl sites for hydroxylation is 2. The van der Waals surface area contributed by atoms with Gasteiger partial charge in [-0.15, -0.1) is 0 Å². The van der Waals surface area contributed by atoms with Crippen LogP contribution < -0.4 is 5.32 Å². The van der Waals surface area contributed by atoms with E-state index in [1.54, 1.807) is 12.2 Å². The third-order valence-electron chi connectivity index (χ3n) is 3.43. The van der Waals surface area contributed by atoms with Crippen LogP contribution in [0.1, 0.15) is 36.7 Å². The number of amides is 1. The Bertz CT molecular complexity index is 579. The number of nitrogens with zero attached hydrogens (tertiary/aromatic N) is 2. The second-order valence-corrected chi connectivity index (χ2v) is 5.90. The van der Waals surface area contributed by atoms with Gasteiger partial charge in [0.1, 0.15) is 6.04 Å². The summed E-state index contributed by atoms with van der Waals surface area (Å²) in [6.07, 6.45) is 6.39. The second kappa shape index (κ2) is 9.29. The highest BCUT2D eigenvalue weighted by atomic mass is 32.2. The van der Waals surface area contributed by atoms with E-state index in [1.165, 1.54) is 11.8 Å². The molecule has 0 aliphatic rings. The fourth-order valence-corrected chi connectivity index (χ4v) is 2.62. The standard InChI is InChI=1S/C16H23N3O3S/c1-5-6-7-13(15(21)22)19-14(20)9-8-12-10(2)17-16(23-4)18-11(12)3/h5-6,13H,7-9H2,1-4H3,(H,19,20)(H,21,22)/b6-5+. The summed E-state index contributed by atoms with van der Waals surface area (Å²) in [6.45, 7) is 5.60. The molecule has 1 heterocycles. The molecule has 1 aromatic rings. The number of hydrogen-bond acceptors (Lipinski definition) is 5. The quantitative estimate of drug-likeness (QED) is 0.429. The smallest absolute Gasteiger partial charge is 0.326 e. The maximum Gasteiger partial charge on any atom is 0.326 e. The topological polar surface area (TPSA) is 92.2 Å². The Hall–Kier alpha value is -1.89. The fraction of sp³-hybridized carbons (Fsp3) is 0.500. The number of aliphatic carboxylic acids is 1. The predicted molar refractivity (Wildman–Crippen MR) is 90.6 cm³/mol. The van der Waals surface area contributed by atoms with Crippen LogP contribution in [0.4, 0.5) is 0 Å². The van der Waals surface area contributed by atoms with Gasteiger partial charge in [0, 0.05) is 17.8 Å². The van der Waals surface area contributed by atoms with Crippen molar-refractivity contribution in [3.8, 4) is 0 Å². The van der Waals surface area contributed by atoms with Crippen molar-refractivity contribution < 1.29 is 14.7 Å². The zero-order chi connectivity index (χ0) is 17.4. The summed E-state index contributed by atoms with van der Waals surface area (Å²) in [5, 5.41) is 12.4. The maximum atomic E-state index is 12.0. The normalized spacial score (nSPS) is 12.3. The van der Waals surface area contributed by atoms with Crippen LogP contribution in [0.2, 0.25) is 0 Å². The highest BCUT2D eigenvalue weighted by Gasteiger charge is 2.18. The number of hydrogen-bond donors (Lipinski definition) is 2. The summed E-state index contributed by atoms with van der Waals surface area (Å²) in [5.41, 5.74) is 2.66. The van der Waals surface area contributed by atoms with Gasteiger partial charge in [-0.1, -0.05) is 23.9 Å². The summed E-state index contributed by atoms with van der Waals surface area (Å²) < 4.78 is 0. The third kappa shape index (κ3) is 6.02. The van der Waals surface area contributed by atoms with Crippen LogP contribution >= 0.6 is 11.8 Å². The van der Waals surface area contributed by atoms with Gasteiger partial charge in [-0.25, -0.2) is 14.8 Å². The molecule has 23 heavy (non-hydrogen) atoms. The Morgan fingerprint density at radius 2 is 1.91 bits per heavy atom. The van der Waals surface area contributed by atoms with Crippen molar-refractivity contribution in [2.45, 2.75) is 51.2 Å². The number of allylic oxidation sites excluding steroid dienone is 1. The van der Waals surface area contributed by atoms with Gasteiger partial charge in [-0.3, -0.25) is 4.79 Å². The van der Waals surface area contributed by atoms with Crippen LogP contribution in [0, 0.1) is 13.8 Å². The molecule has 7 heteroatoms. The van der Waals surface area contributed by atoms with Crippen molar-refractivity contribution in [2.24, 2.45) is 0 Å². The average molecular weight is 337 g/mol. The van der Waals surface area contributed by atoms with Crippen molar-refractivity contribution >= 4 is 23.6 Å². The highest BCUT2D eigenvalue weighted by Crippen LogP contribution is 2.17. The molecule has 0 saturated heterocycles. The van der Waals surface area contributed by atoms with E-state index in [9.17, 15) is 9.59 Å². The van der Waals surface area contributed by atoms with Gasteiger partial charge in [-0.2, -0.15) is 0 Å². The monoisotopic (exact) mass is 337 g/mol. The molecule has 0 fully saturated rings. The minimum Gasteiger partial charge on any atom is -0.480 e. The zero-order valence-electron chi connectivity index (χ0n) is 13.9. The Balaban J connectivity index is 2.67. The summed E-state index contributed by atoms with van der Waals surface area (Å²) in [7, 11) is 0. The van der Waals surface area contributed by atoms with E-state index in [0.29, 0.717) is 11.6 Å². The summed E-state index contributed by atoms with van der Waals surface area (Å²) in [5.74, 6) is -1.31. The first-order valence-electron chi connectivity index (χ1n) is 7.40. The van der Waals surface area contributed by atoms with E-state index in [-0.39, 0.29) is 18.7 Å². The maximum absolute atomic E-state index is 12.0. The number of carbonyl (C=O) groups excluding carboxylic acids is 1. The second-order valence-electron chi connectivity index (χ2n) is 5.12. The SMILES string of the molecule is C/C=C/CC(NC(=O)CCc1c(C)nc(SC)nc1C)C(=O)O. The number of nitrogens with one attached hydrogen (secondary N) is 1. The predicted octanol–water partition coefficient (Wildman–Crippen LogP) is 2.28. The van der Waals surface area contributed by atoms with Gasteiger partial charge in [0.25, 0.3) is 0 Å². The molecule has 0 aromatic carbocycles. The Labute approximate surface area is 140 Å². The third-order valence-corrected chi connectivity index (χ3v) is 3.97. The van der Waals surface area contributed by atoms with E-state index in [0.717, 1.165) is 17.0 Å². The highest BCUT2D eigenvalue weighted by molar-refractivity contribution is 7.98.